The minimum atomic E-state index is -0.374. The number of ether oxygens (including phenoxy) is 2. The standard InChI is InChI=1S/C12H11NO3/c1-2-4-9(5-3-1)11-13-10(8-16-11)12-14-6-7-15-12/h1-5,8,12H,6-7H2. The van der Waals surface area contributed by atoms with Crippen LogP contribution in [-0.4, -0.2) is 18.2 Å². The fraction of sp³-hybridized carbons (Fsp3) is 0.250. The first-order chi connectivity index (χ1) is 7.93. The van der Waals surface area contributed by atoms with Gasteiger partial charge in [0.2, 0.25) is 12.2 Å². The number of hydrogen-bond donors (Lipinski definition) is 0. The second kappa shape index (κ2) is 4.08. The van der Waals surface area contributed by atoms with E-state index in [2.05, 4.69) is 4.98 Å². The van der Waals surface area contributed by atoms with Crippen LogP contribution in [0.3, 0.4) is 0 Å². The van der Waals surface area contributed by atoms with Crippen molar-refractivity contribution in [2.24, 2.45) is 0 Å². The third-order valence-electron chi connectivity index (χ3n) is 2.41. The van der Waals surface area contributed by atoms with Crippen LogP contribution in [0.15, 0.2) is 41.0 Å². The molecular weight excluding hydrogens is 206 g/mol. The summed E-state index contributed by atoms with van der Waals surface area (Å²) in [5, 5.41) is 0. The van der Waals surface area contributed by atoms with Crippen molar-refractivity contribution in [3.05, 3.63) is 42.3 Å². The molecule has 4 nitrogen and oxygen atoms in total. The van der Waals surface area contributed by atoms with E-state index >= 15 is 0 Å². The molecule has 82 valence electrons. The molecule has 0 spiro atoms. The summed E-state index contributed by atoms with van der Waals surface area (Å²) in [5.74, 6) is 0.592. The lowest BCUT2D eigenvalue weighted by molar-refractivity contribution is -0.0473. The first-order valence-corrected chi connectivity index (χ1v) is 5.17. The minimum absolute atomic E-state index is 0.374. The molecule has 1 fully saturated rings. The highest BCUT2D eigenvalue weighted by Gasteiger charge is 2.22. The van der Waals surface area contributed by atoms with Gasteiger partial charge < -0.3 is 13.9 Å². The molecule has 0 aliphatic carbocycles. The Morgan fingerprint density at radius 1 is 1.06 bits per heavy atom. The van der Waals surface area contributed by atoms with E-state index in [1.54, 1.807) is 6.26 Å². The Morgan fingerprint density at radius 2 is 1.81 bits per heavy atom. The fourth-order valence-corrected chi connectivity index (χ4v) is 1.64. The van der Waals surface area contributed by atoms with Crippen LogP contribution in [0.2, 0.25) is 0 Å². The monoisotopic (exact) mass is 217 g/mol. The summed E-state index contributed by atoms with van der Waals surface area (Å²) < 4.78 is 16.1. The number of oxazole rings is 1. The predicted molar refractivity (Wildman–Crippen MR) is 56.6 cm³/mol. The third-order valence-corrected chi connectivity index (χ3v) is 2.41. The zero-order chi connectivity index (χ0) is 10.8. The predicted octanol–water partition coefficient (Wildman–Crippen LogP) is 2.39. The highest BCUT2D eigenvalue weighted by Crippen LogP contribution is 2.25. The molecule has 0 saturated carbocycles. The van der Waals surface area contributed by atoms with Crippen molar-refractivity contribution in [2.45, 2.75) is 6.29 Å². The minimum Gasteiger partial charge on any atom is -0.444 e. The highest BCUT2D eigenvalue weighted by molar-refractivity contribution is 5.52. The summed E-state index contributed by atoms with van der Waals surface area (Å²) in [6.07, 6.45) is 1.21. The van der Waals surface area contributed by atoms with Gasteiger partial charge in [-0.15, -0.1) is 0 Å². The zero-order valence-corrected chi connectivity index (χ0v) is 8.63. The number of rotatable bonds is 2. The Balaban J connectivity index is 1.87. The van der Waals surface area contributed by atoms with Gasteiger partial charge in [-0.3, -0.25) is 0 Å². The van der Waals surface area contributed by atoms with Gasteiger partial charge in [0.1, 0.15) is 12.0 Å². The van der Waals surface area contributed by atoms with E-state index in [-0.39, 0.29) is 6.29 Å². The van der Waals surface area contributed by atoms with Gasteiger partial charge in [-0.2, -0.15) is 0 Å². The van der Waals surface area contributed by atoms with Crippen molar-refractivity contribution >= 4 is 0 Å². The van der Waals surface area contributed by atoms with Crippen LogP contribution in [0.4, 0.5) is 0 Å². The van der Waals surface area contributed by atoms with E-state index in [0.29, 0.717) is 24.8 Å². The summed E-state index contributed by atoms with van der Waals surface area (Å²) in [6, 6.07) is 9.75. The van der Waals surface area contributed by atoms with Crippen LogP contribution >= 0.6 is 0 Å². The molecule has 0 bridgehead atoms. The summed E-state index contributed by atoms with van der Waals surface area (Å²) in [4.78, 5) is 4.35. The lowest BCUT2D eigenvalue weighted by atomic mass is 10.2. The maximum absolute atomic E-state index is 5.39. The van der Waals surface area contributed by atoms with E-state index in [1.165, 1.54) is 0 Å². The average Bonchev–Trinajstić information content (AvgIpc) is 3.01. The van der Waals surface area contributed by atoms with E-state index in [9.17, 15) is 0 Å². The molecule has 0 radical (unpaired) electrons. The van der Waals surface area contributed by atoms with E-state index < -0.39 is 0 Å². The number of aromatic nitrogens is 1. The Labute approximate surface area is 92.8 Å². The largest absolute Gasteiger partial charge is 0.444 e. The quantitative estimate of drug-likeness (QED) is 0.774. The van der Waals surface area contributed by atoms with Crippen LogP contribution < -0.4 is 0 Å². The van der Waals surface area contributed by atoms with Crippen molar-refractivity contribution in [3.8, 4) is 11.5 Å². The van der Waals surface area contributed by atoms with Crippen molar-refractivity contribution in [3.63, 3.8) is 0 Å². The van der Waals surface area contributed by atoms with Gasteiger partial charge in [0.05, 0.1) is 13.2 Å². The van der Waals surface area contributed by atoms with Crippen molar-refractivity contribution in [2.75, 3.05) is 13.2 Å². The smallest absolute Gasteiger partial charge is 0.226 e. The highest BCUT2D eigenvalue weighted by atomic mass is 16.7. The van der Waals surface area contributed by atoms with E-state index in [0.717, 1.165) is 5.56 Å². The van der Waals surface area contributed by atoms with E-state index in [4.69, 9.17) is 13.9 Å². The molecule has 2 aromatic rings. The summed E-state index contributed by atoms with van der Waals surface area (Å²) in [5.41, 5.74) is 1.64. The molecule has 1 aliphatic rings. The molecule has 0 amide bonds. The first-order valence-electron chi connectivity index (χ1n) is 5.17. The molecule has 4 heteroatoms. The van der Waals surface area contributed by atoms with Crippen LogP contribution in [0.1, 0.15) is 12.0 Å². The maximum atomic E-state index is 5.39. The summed E-state index contributed by atoms with van der Waals surface area (Å²) in [6.45, 7) is 1.22. The van der Waals surface area contributed by atoms with Gasteiger partial charge in [0, 0.05) is 5.56 Å². The number of nitrogens with zero attached hydrogens (tertiary/aromatic N) is 1. The average molecular weight is 217 g/mol. The van der Waals surface area contributed by atoms with Crippen molar-refractivity contribution < 1.29 is 13.9 Å². The van der Waals surface area contributed by atoms with Crippen LogP contribution in [0.5, 0.6) is 0 Å². The van der Waals surface area contributed by atoms with Gasteiger partial charge in [-0.25, -0.2) is 4.98 Å². The second-order valence-electron chi connectivity index (χ2n) is 3.52. The molecule has 1 aromatic carbocycles. The molecule has 2 heterocycles. The number of hydrogen-bond acceptors (Lipinski definition) is 4. The summed E-state index contributed by atoms with van der Waals surface area (Å²) >= 11 is 0. The Kier molecular flexibility index (Phi) is 2.44. The summed E-state index contributed by atoms with van der Waals surface area (Å²) in [7, 11) is 0. The molecule has 1 saturated heterocycles. The van der Waals surface area contributed by atoms with Crippen LogP contribution in [0.25, 0.3) is 11.5 Å². The third kappa shape index (κ3) is 1.73. The zero-order valence-electron chi connectivity index (χ0n) is 8.63. The lowest BCUT2D eigenvalue weighted by Gasteiger charge is -2.02. The van der Waals surface area contributed by atoms with Gasteiger partial charge >= 0.3 is 0 Å². The van der Waals surface area contributed by atoms with Crippen molar-refractivity contribution in [1.29, 1.82) is 0 Å². The normalized spacial score (nSPS) is 16.8. The van der Waals surface area contributed by atoms with Gasteiger partial charge in [0.15, 0.2) is 0 Å². The van der Waals surface area contributed by atoms with Gasteiger partial charge in [-0.1, -0.05) is 18.2 Å². The molecule has 0 unspecified atom stereocenters. The molecule has 1 aromatic heterocycles. The lowest BCUT2D eigenvalue weighted by Crippen LogP contribution is -1.97. The molecule has 3 rings (SSSR count). The Hall–Kier alpha value is -1.65. The topological polar surface area (TPSA) is 44.5 Å². The SMILES string of the molecule is c1ccc(-c2nc(C3OCCO3)co2)cc1. The van der Waals surface area contributed by atoms with Crippen molar-refractivity contribution in [1.82, 2.24) is 4.98 Å². The van der Waals surface area contributed by atoms with Crippen LogP contribution in [0, 0.1) is 0 Å². The Bertz CT molecular complexity index is 460. The molecule has 0 atom stereocenters. The molecular formula is C12H11NO3. The van der Waals surface area contributed by atoms with Gasteiger partial charge in [0.25, 0.3) is 0 Å². The van der Waals surface area contributed by atoms with Gasteiger partial charge in [-0.05, 0) is 12.1 Å². The molecule has 1 aliphatic heterocycles. The second-order valence-corrected chi connectivity index (χ2v) is 3.52. The molecule has 16 heavy (non-hydrogen) atoms. The molecule has 0 N–H and O–H groups in total. The fourth-order valence-electron chi connectivity index (χ4n) is 1.64. The number of benzene rings is 1. The van der Waals surface area contributed by atoms with Crippen LogP contribution in [-0.2, 0) is 9.47 Å². The Morgan fingerprint density at radius 3 is 2.56 bits per heavy atom. The first kappa shape index (κ1) is 9.57. The van der Waals surface area contributed by atoms with E-state index in [1.807, 2.05) is 30.3 Å². The maximum Gasteiger partial charge on any atom is 0.226 e.